The molecule has 0 heterocycles. The van der Waals surface area contributed by atoms with Gasteiger partial charge < -0.3 is 10.2 Å². The molecule has 0 radical (unpaired) electrons. The Kier molecular flexibility index (Phi) is 9.55. The molecule has 0 aliphatic rings. The van der Waals surface area contributed by atoms with E-state index in [-0.39, 0.29) is 24.2 Å². The largest absolute Gasteiger partial charge is 0.350 e. The van der Waals surface area contributed by atoms with E-state index in [1.807, 2.05) is 106 Å². The maximum absolute atomic E-state index is 14.5. The molecule has 0 aliphatic heterocycles. The van der Waals surface area contributed by atoms with E-state index in [1.165, 1.54) is 0 Å². The van der Waals surface area contributed by atoms with Gasteiger partial charge in [-0.05, 0) is 55.5 Å². The Labute approximate surface area is 239 Å². The van der Waals surface area contributed by atoms with E-state index in [0.717, 1.165) is 27.8 Å². The summed E-state index contributed by atoms with van der Waals surface area (Å²) in [4.78, 5) is 30.2. The maximum atomic E-state index is 14.5. The molecule has 4 aromatic rings. The smallest absolute Gasteiger partial charge is 0.243 e. The third-order valence-electron chi connectivity index (χ3n) is 7.15. The van der Waals surface area contributed by atoms with E-state index >= 15 is 0 Å². The van der Waals surface area contributed by atoms with Gasteiger partial charge in [0.25, 0.3) is 0 Å². The lowest BCUT2D eigenvalue weighted by atomic mass is 9.87. The molecule has 4 aromatic carbocycles. The second-order valence-corrected chi connectivity index (χ2v) is 11.5. The fraction of sp³-hybridized carbons (Fsp3) is 0.278. The van der Waals surface area contributed by atoms with Crippen molar-refractivity contribution < 1.29 is 9.59 Å². The molecule has 0 aliphatic carbocycles. The minimum absolute atomic E-state index is 0.0500. The molecule has 0 unspecified atom stereocenters. The summed E-state index contributed by atoms with van der Waals surface area (Å²) >= 11 is 0. The van der Waals surface area contributed by atoms with E-state index < -0.39 is 11.6 Å². The van der Waals surface area contributed by atoms with Crippen LogP contribution in [-0.4, -0.2) is 28.3 Å². The van der Waals surface area contributed by atoms with Gasteiger partial charge in [0, 0.05) is 30.8 Å². The van der Waals surface area contributed by atoms with Crippen LogP contribution in [0.3, 0.4) is 0 Å². The van der Waals surface area contributed by atoms with Crippen LogP contribution in [0.1, 0.15) is 60.9 Å². The second-order valence-electron chi connectivity index (χ2n) is 11.5. The number of carbonyl (C=O) groups is 2. The van der Waals surface area contributed by atoms with Crippen molar-refractivity contribution in [1.29, 1.82) is 0 Å². The fourth-order valence-corrected chi connectivity index (χ4v) is 5.07. The highest BCUT2D eigenvalue weighted by Gasteiger charge is 2.33. The standard InChI is InChI=1S/C36H40N2O2/c1-27-16-14-15-23-31(27)26-38(33(35(40)37-36(2,3)4)24-28-17-8-5-9-18-28)34(39)25-32(29-19-10-6-11-20-29)30-21-12-7-13-22-30/h5-23,32-33H,24-26H2,1-4H3,(H,37,40)/t33-/m0/s1. The molecule has 1 N–H and O–H groups in total. The number of hydrogen-bond donors (Lipinski definition) is 1. The van der Waals surface area contributed by atoms with Gasteiger partial charge in [-0.3, -0.25) is 9.59 Å². The Bertz CT molecular complexity index is 1340. The van der Waals surface area contributed by atoms with Gasteiger partial charge in [-0.1, -0.05) is 115 Å². The molecule has 0 saturated heterocycles. The van der Waals surface area contributed by atoms with Gasteiger partial charge in [-0.25, -0.2) is 0 Å². The van der Waals surface area contributed by atoms with Crippen LogP contribution in [0.25, 0.3) is 0 Å². The van der Waals surface area contributed by atoms with Gasteiger partial charge in [0.15, 0.2) is 0 Å². The highest BCUT2D eigenvalue weighted by molar-refractivity contribution is 5.89. The molecule has 0 aromatic heterocycles. The van der Waals surface area contributed by atoms with E-state index in [2.05, 4.69) is 42.6 Å². The summed E-state index contributed by atoms with van der Waals surface area (Å²) in [6, 6.07) is 37.7. The van der Waals surface area contributed by atoms with Crippen LogP contribution < -0.4 is 5.32 Å². The predicted molar refractivity (Wildman–Crippen MR) is 163 cm³/mol. The Hall–Kier alpha value is -4.18. The molecule has 4 rings (SSSR count). The van der Waals surface area contributed by atoms with Crippen LogP contribution in [0.4, 0.5) is 0 Å². The van der Waals surface area contributed by atoms with Gasteiger partial charge in [-0.15, -0.1) is 0 Å². The van der Waals surface area contributed by atoms with Gasteiger partial charge in [0.1, 0.15) is 6.04 Å². The van der Waals surface area contributed by atoms with Crippen LogP contribution >= 0.6 is 0 Å². The van der Waals surface area contributed by atoms with Crippen molar-refractivity contribution in [2.45, 2.75) is 64.6 Å². The molecule has 2 amide bonds. The third-order valence-corrected chi connectivity index (χ3v) is 7.15. The lowest BCUT2D eigenvalue weighted by molar-refractivity contribution is -0.142. The number of hydrogen-bond acceptors (Lipinski definition) is 2. The summed E-state index contributed by atoms with van der Waals surface area (Å²) < 4.78 is 0. The quantitative estimate of drug-likeness (QED) is 0.237. The first-order valence-electron chi connectivity index (χ1n) is 14.0. The normalized spacial score (nSPS) is 12.1. The fourth-order valence-electron chi connectivity index (χ4n) is 5.07. The molecule has 0 fully saturated rings. The number of nitrogens with one attached hydrogen (secondary N) is 1. The van der Waals surface area contributed by atoms with Crippen LogP contribution in [0.15, 0.2) is 115 Å². The monoisotopic (exact) mass is 532 g/mol. The van der Waals surface area contributed by atoms with E-state index in [9.17, 15) is 9.59 Å². The molecular weight excluding hydrogens is 492 g/mol. The highest BCUT2D eigenvalue weighted by Crippen LogP contribution is 2.30. The van der Waals surface area contributed by atoms with Crippen LogP contribution in [0.2, 0.25) is 0 Å². The Morgan fingerprint density at radius 2 is 1.23 bits per heavy atom. The summed E-state index contributed by atoms with van der Waals surface area (Å²) in [6.45, 7) is 8.32. The van der Waals surface area contributed by atoms with Gasteiger partial charge >= 0.3 is 0 Å². The average Bonchev–Trinajstić information content (AvgIpc) is 2.95. The van der Waals surface area contributed by atoms with Crippen molar-refractivity contribution in [2.24, 2.45) is 0 Å². The van der Waals surface area contributed by atoms with E-state index in [1.54, 1.807) is 4.90 Å². The Morgan fingerprint density at radius 3 is 1.75 bits per heavy atom. The summed E-state index contributed by atoms with van der Waals surface area (Å²) in [5, 5.41) is 3.16. The van der Waals surface area contributed by atoms with Crippen molar-refractivity contribution in [3.05, 3.63) is 143 Å². The molecular formula is C36H40N2O2. The third kappa shape index (κ3) is 7.92. The molecule has 40 heavy (non-hydrogen) atoms. The average molecular weight is 533 g/mol. The summed E-state index contributed by atoms with van der Waals surface area (Å²) in [5.74, 6) is -0.322. The molecule has 0 bridgehead atoms. The van der Waals surface area contributed by atoms with Crippen molar-refractivity contribution in [2.75, 3.05) is 0 Å². The molecule has 4 heteroatoms. The van der Waals surface area contributed by atoms with Crippen LogP contribution in [0.5, 0.6) is 0 Å². The number of benzene rings is 4. The first-order chi connectivity index (χ1) is 19.2. The lowest BCUT2D eigenvalue weighted by Crippen LogP contribution is -2.54. The predicted octanol–water partition coefficient (Wildman–Crippen LogP) is 7.07. The van der Waals surface area contributed by atoms with E-state index in [0.29, 0.717) is 13.0 Å². The number of aryl methyl sites for hydroxylation is 1. The van der Waals surface area contributed by atoms with Crippen molar-refractivity contribution in [3.63, 3.8) is 0 Å². The van der Waals surface area contributed by atoms with Crippen LogP contribution in [0, 0.1) is 6.92 Å². The Balaban J connectivity index is 1.76. The lowest BCUT2D eigenvalue weighted by Gasteiger charge is -2.35. The summed E-state index contributed by atoms with van der Waals surface area (Å²) in [6.07, 6.45) is 0.690. The zero-order valence-electron chi connectivity index (χ0n) is 24.0. The number of rotatable bonds is 10. The summed E-state index contributed by atoms with van der Waals surface area (Å²) in [7, 11) is 0. The minimum atomic E-state index is -0.666. The number of nitrogens with zero attached hydrogens (tertiary/aromatic N) is 1. The maximum Gasteiger partial charge on any atom is 0.243 e. The van der Waals surface area contributed by atoms with Gasteiger partial charge in [-0.2, -0.15) is 0 Å². The zero-order chi connectivity index (χ0) is 28.5. The first kappa shape index (κ1) is 28.8. The second kappa shape index (κ2) is 13.3. The number of amides is 2. The SMILES string of the molecule is Cc1ccccc1CN(C(=O)CC(c1ccccc1)c1ccccc1)[C@@H](Cc1ccccc1)C(=O)NC(C)(C)C. The molecule has 0 saturated carbocycles. The molecule has 4 nitrogen and oxygen atoms in total. The molecule has 0 spiro atoms. The molecule has 206 valence electrons. The van der Waals surface area contributed by atoms with Crippen LogP contribution in [-0.2, 0) is 22.6 Å². The van der Waals surface area contributed by atoms with Gasteiger partial charge in [0.2, 0.25) is 11.8 Å². The minimum Gasteiger partial charge on any atom is -0.350 e. The number of carbonyl (C=O) groups excluding carboxylic acids is 2. The highest BCUT2D eigenvalue weighted by atomic mass is 16.2. The van der Waals surface area contributed by atoms with Gasteiger partial charge in [0.05, 0.1) is 0 Å². The topological polar surface area (TPSA) is 49.4 Å². The molecule has 1 atom stereocenters. The van der Waals surface area contributed by atoms with E-state index in [4.69, 9.17) is 0 Å². The first-order valence-corrected chi connectivity index (χ1v) is 14.0. The Morgan fingerprint density at radius 1 is 0.725 bits per heavy atom. The summed E-state index contributed by atoms with van der Waals surface area (Å²) in [5.41, 5.74) is 4.88. The van der Waals surface area contributed by atoms with Crippen molar-refractivity contribution in [1.82, 2.24) is 10.2 Å². The zero-order valence-corrected chi connectivity index (χ0v) is 24.0. The van der Waals surface area contributed by atoms with Crippen molar-refractivity contribution >= 4 is 11.8 Å². The van der Waals surface area contributed by atoms with Crippen molar-refractivity contribution in [3.8, 4) is 0 Å².